The number of rotatable bonds is 4. The van der Waals surface area contributed by atoms with Crippen LogP contribution in [0.25, 0.3) is 0 Å². The number of halogens is 1. The molecule has 2 aromatic carbocycles. The van der Waals surface area contributed by atoms with Gasteiger partial charge in [0, 0.05) is 16.3 Å². The second kappa shape index (κ2) is 6.41. The van der Waals surface area contributed by atoms with Gasteiger partial charge >= 0.3 is 0 Å². The van der Waals surface area contributed by atoms with Crippen molar-refractivity contribution in [3.05, 3.63) is 41.4 Å². The Labute approximate surface area is 140 Å². The zero-order chi connectivity index (χ0) is 15.7. The number of phenolic OH excluding ortho intramolecular Hbond substituents is 1. The molecule has 0 atom stereocenters. The first-order chi connectivity index (χ1) is 10.6. The average Bonchev–Trinajstić information content (AvgIpc) is 2.48. The van der Waals surface area contributed by atoms with E-state index in [-0.39, 0.29) is 5.75 Å². The van der Waals surface area contributed by atoms with Gasteiger partial charge in [-0.3, -0.25) is 0 Å². The van der Waals surface area contributed by atoms with E-state index in [9.17, 15) is 5.11 Å². The Bertz CT molecular complexity index is 690. The van der Waals surface area contributed by atoms with Crippen LogP contribution in [0, 0.1) is 0 Å². The molecule has 1 N–H and O–H groups in total. The molecule has 0 radical (unpaired) electrons. The number of hydrogen-bond acceptors (Lipinski definition) is 4. The van der Waals surface area contributed by atoms with Gasteiger partial charge in [-0.05, 0) is 51.3 Å². The number of hydrogen-bond donors (Lipinski definition) is 1. The molecular formula is C17H19ClN2OS. The SMILES string of the molecule is CN(C)CCCN1c2ccccc2Sc2cc(O)c(Cl)cc21. The third kappa shape index (κ3) is 3.05. The van der Waals surface area contributed by atoms with Crippen LogP contribution in [-0.4, -0.2) is 37.2 Å². The summed E-state index contributed by atoms with van der Waals surface area (Å²) in [6.07, 6.45) is 1.06. The van der Waals surface area contributed by atoms with Crippen LogP contribution in [0.15, 0.2) is 46.2 Å². The third-order valence-electron chi connectivity index (χ3n) is 3.68. The van der Waals surface area contributed by atoms with Crippen LogP contribution in [0.1, 0.15) is 6.42 Å². The molecule has 0 saturated heterocycles. The van der Waals surface area contributed by atoms with Crippen molar-refractivity contribution >= 4 is 34.7 Å². The third-order valence-corrected chi connectivity index (χ3v) is 5.10. The first-order valence-corrected chi connectivity index (χ1v) is 8.47. The van der Waals surface area contributed by atoms with Crippen molar-refractivity contribution in [2.45, 2.75) is 16.2 Å². The monoisotopic (exact) mass is 334 g/mol. The van der Waals surface area contributed by atoms with Crippen molar-refractivity contribution in [1.29, 1.82) is 0 Å². The fourth-order valence-electron chi connectivity index (χ4n) is 2.63. The Hall–Kier alpha value is -1.36. The maximum absolute atomic E-state index is 9.89. The summed E-state index contributed by atoms with van der Waals surface area (Å²) < 4.78 is 0. The average molecular weight is 335 g/mol. The summed E-state index contributed by atoms with van der Waals surface area (Å²) in [5.74, 6) is 0.139. The lowest BCUT2D eigenvalue weighted by molar-refractivity contribution is 0.402. The second-order valence-electron chi connectivity index (χ2n) is 5.65. The lowest BCUT2D eigenvalue weighted by atomic mass is 10.2. The summed E-state index contributed by atoms with van der Waals surface area (Å²) >= 11 is 7.81. The molecular weight excluding hydrogens is 316 g/mol. The minimum absolute atomic E-state index is 0.139. The second-order valence-corrected chi connectivity index (χ2v) is 7.14. The van der Waals surface area contributed by atoms with Gasteiger partial charge in [-0.2, -0.15) is 0 Å². The molecule has 1 aliphatic rings. The van der Waals surface area contributed by atoms with Crippen LogP contribution in [0.5, 0.6) is 5.75 Å². The first-order valence-electron chi connectivity index (χ1n) is 7.28. The highest BCUT2D eigenvalue weighted by Gasteiger charge is 2.24. The zero-order valence-electron chi connectivity index (χ0n) is 12.7. The molecule has 3 rings (SSSR count). The van der Waals surface area contributed by atoms with Gasteiger partial charge in [-0.1, -0.05) is 35.5 Å². The lowest BCUT2D eigenvalue weighted by Gasteiger charge is -2.33. The van der Waals surface area contributed by atoms with E-state index < -0.39 is 0 Å². The minimum Gasteiger partial charge on any atom is -0.506 e. The maximum atomic E-state index is 9.89. The smallest absolute Gasteiger partial charge is 0.135 e. The zero-order valence-corrected chi connectivity index (χ0v) is 14.3. The number of aromatic hydroxyl groups is 1. The summed E-state index contributed by atoms with van der Waals surface area (Å²) in [7, 11) is 4.17. The summed E-state index contributed by atoms with van der Waals surface area (Å²) in [4.78, 5) is 6.75. The maximum Gasteiger partial charge on any atom is 0.135 e. The summed E-state index contributed by atoms with van der Waals surface area (Å²) in [6.45, 7) is 1.96. The number of nitrogens with zero attached hydrogens (tertiary/aromatic N) is 2. The van der Waals surface area contributed by atoms with Gasteiger partial charge in [0.25, 0.3) is 0 Å². The molecule has 0 aliphatic carbocycles. The fourth-order valence-corrected chi connectivity index (χ4v) is 3.89. The Morgan fingerprint density at radius 1 is 1.14 bits per heavy atom. The topological polar surface area (TPSA) is 26.7 Å². The van der Waals surface area contributed by atoms with E-state index in [0.717, 1.165) is 30.1 Å². The number of benzene rings is 2. The van der Waals surface area contributed by atoms with Gasteiger partial charge in [-0.25, -0.2) is 0 Å². The molecule has 0 bridgehead atoms. The predicted molar refractivity (Wildman–Crippen MR) is 93.9 cm³/mol. The molecule has 1 heterocycles. The van der Waals surface area contributed by atoms with E-state index >= 15 is 0 Å². The Kier molecular flexibility index (Phi) is 4.52. The van der Waals surface area contributed by atoms with Gasteiger partial charge in [0.05, 0.1) is 16.4 Å². The number of phenols is 1. The van der Waals surface area contributed by atoms with Crippen LogP contribution in [0.4, 0.5) is 11.4 Å². The van der Waals surface area contributed by atoms with Crippen LogP contribution in [0.2, 0.25) is 5.02 Å². The molecule has 0 aromatic heterocycles. The highest BCUT2D eigenvalue weighted by Crippen LogP contribution is 2.50. The van der Waals surface area contributed by atoms with Gasteiger partial charge < -0.3 is 14.9 Å². The molecule has 1 aliphatic heterocycles. The molecule has 22 heavy (non-hydrogen) atoms. The highest BCUT2D eigenvalue weighted by atomic mass is 35.5. The van der Waals surface area contributed by atoms with E-state index in [1.807, 2.05) is 12.1 Å². The minimum atomic E-state index is 0.139. The van der Waals surface area contributed by atoms with E-state index in [1.54, 1.807) is 17.8 Å². The van der Waals surface area contributed by atoms with E-state index in [2.05, 4.69) is 42.1 Å². The van der Waals surface area contributed by atoms with Crippen molar-refractivity contribution in [1.82, 2.24) is 4.90 Å². The normalized spacial score (nSPS) is 13.2. The van der Waals surface area contributed by atoms with Crippen LogP contribution >= 0.6 is 23.4 Å². The van der Waals surface area contributed by atoms with Gasteiger partial charge in [-0.15, -0.1) is 0 Å². The molecule has 0 unspecified atom stereocenters. The number of fused-ring (bicyclic) bond motifs is 2. The van der Waals surface area contributed by atoms with Crippen LogP contribution in [-0.2, 0) is 0 Å². The number of anilines is 2. The van der Waals surface area contributed by atoms with E-state index in [0.29, 0.717) is 5.02 Å². The molecule has 116 valence electrons. The van der Waals surface area contributed by atoms with Gasteiger partial charge in [0.15, 0.2) is 0 Å². The lowest BCUT2D eigenvalue weighted by Crippen LogP contribution is -2.25. The Balaban J connectivity index is 1.98. The predicted octanol–water partition coefficient (Wildman–Crippen LogP) is 4.60. The molecule has 3 nitrogen and oxygen atoms in total. The Morgan fingerprint density at radius 2 is 1.91 bits per heavy atom. The number of para-hydroxylation sites is 1. The summed E-state index contributed by atoms with van der Waals surface area (Å²) in [5, 5.41) is 10.3. The molecule has 0 amide bonds. The van der Waals surface area contributed by atoms with Gasteiger partial charge in [0.2, 0.25) is 0 Å². The van der Waals surface area contributed by atoms with Crippen molar-refractivity contribution < 1.29 is 5.11 Å². The quantitative estimate of drug-likeness (QED) is 0.884. The van der Waals surface area contributed by atoms with Crippen molar-refractivity contribution in [2.75, 3.05) is 32.1 Å². The van der Waals surface area contributed by atoms with Gasteiger partial charge in [0.1, 0.15) is 5.75 Å². The van der Waals surface area contributed by atoms with Crippen molar-refractivity contribution in [3.8, 4) is 5.75 Å². The summed E-state index contributed by atoms with van der Waals surface area (Å²) in [6, 6.07) is 12.0. The van der Waals surface area contributed by atoms with Crippen LogP contribution in [0.3, 0.4) is 0 Å². The molecule has 0 saturated carbocycles. The van der Waals surface area contributed by atoms with E-state index in [1.165, 1.54) is 10.6 Å². The van der Waals surface area contributed by atoms with E-state index in [4.69, 9.17) is 11.6 Å². The standard InChI is InChI=1S/C17H19ClN2OS/c1-19(2)8-5-9-20-13-6-3-4-7-16(13)22-17-11-15(21)12(18)10-14(17)20/h3-4,6-7,10-11,21H,5,8-9H2,1-2H3. The summed E-state index contributed by atoms with van der Waals surface area (Å²) in [5.41, 5.74) is 2.28. The molecule has 0 spiro atoms. The van der Waals surface area contributed by atoms with Crippen molar-refractivity contribution in [2.24, 2.45) is 0 Å². The van der Waals surface area contributed by atoms with Crippen molar-refractivity contribution in [3.63, 3.8) is 0 Å². The largest absolute Gasteiger partial charge is 0.506 e. The fraction of sp³-hybridized carbons (Fsp3) is 0.294. The molecule has 2 aromatic rings. The Morgan fingerprint density at radius 3 is 2.68 bits per heavy atom. The molecule has 5 heteroatoms. The first kappa shape index (κ1) is 15.5. The van der Waals surface area contributed by atoms with Crippen LogP contribution < -0.4 is 4.90 Å². The molecule has 0 fully saturated rings. The highest BCUT2D eigenvalue weighted by molar-refractivity contribution is 7.99.